The molecule has 0 aliphatic carbocycles. The third kappa shape index (κ3) is 4.23. The largest absolute Gasteiger partial charge is 0.394 e. The predicted molar refractivity (Wildman–Crippen MR) is 130 cm³/mol. The lowest BCUT2D eigenvalue weighted by Crippen LogP contribution is -2.47. The number of aromatic amines is 1. The smallest absolute Gasteiger partial charge is 0.319 e. The Morgan fingerprint density at radius 2 is 1.88 bits per heavy atom. The standard InChI is InChI=1S/C23H35N5O3S/c1-22(2)18-16(19(27-26-18)25-20(30)23(3,4)32(5,6)7)13-28(22)21(31)24-17(14-29)15-11-9-8-10-12-15/h8-12,17,29H,13-14H2,1-7H3,(H,24,31)(H2,25,26,27,30)/t17-/m1/s1. The maximum atomic E-state index is 13.2. The molecule has 0 fully saturated rings. The molecule has 3 amide bonds. The third-order valence-corrected chi connectivity index (χ3v) is 9.95. The molecular formula is C23H35N5O3S. The molecule has 2 aromatic rings. The normalized spacial score (nSPS) is 16.9. The number of hydrogen-bond donors (Lipinski definition) is 4. The maximum Gasteiger partial charge on any atom is 0.319 e. The van der Waals surface area contributed by atoms with E-state index in [1.54, 1.807) is 4.90 Å². The Morgan fingerprint density at radius 3 is 2.44 bits per heavy atom. The summed E-state index contributed by atoms with van der Waals surface area (Å²) in [5, 5.41) is 23.1. The van der Waals surface area contributed by atoms with Crippen LogP contribution >= 0.6 is 10.0 Å². The number of rotatable bonds is 6. The van der Waals surface area contributed by atoms with Crippen LogP contribution in [-0.2, 0) is 16.9 Å². The zero-order valence-corrected chi connectivity index (χ0v) is 20.8. The van der Waals surface area contributed by atoms with E-state index in [9.17, 15) is 14.7 Å². The number of carbonyl (C=O) groups excluding carboxylic acids is 2. The van der Waals surface area contributed by atoms with Crippen LogP contribution in [0.25, 0.3) is 0 Å². The number of nitrogens with zero attached hydrogens (tertiary/aromatic N) is 2. The van der Waals surface area contributed by atoms with E-state index in [1.165, 1.54) is 0 Å². The molecule has 2 heterocycles. The lowest BCUT2D eigenvalue weighted by molar-refractivity contribution is -0.117. The van der Waals surface area contributed by atoms with Gasteiger partial charge in [-0.15, -0.1) is 0 Å². The molecule has 1 aliphatic rings. The van der Waals surface area contributed by atoms with Crippen LogP contribution in [0, 0.1) is 0 Å². The van der Waals surface area contributed by atoms with Crippen molar-refractivity contribution in [3.05, 3.63) is 47.2 Å². The molecule has 176 valence electrons. The summed E-state index contributed by atoms with van der Waals surface area (Å²) in [7, 11) is -1.16. The Bertz CT molecular complexity index is 995. The van der Waals surface area contributed by atoms with E-state index in [2.05, 4.69) is 39.6 Å². The van der Waals surface area contributed by atoms with Gasteiger partial charge in [-0.05, 0) is 52.0 Å². The number of aromatic nitrogens is 2. The molecule has 0 spiro atoms. The third-order valence-electron chi connectivity index (χ3n) is 6.71. The minimum atomic E-state index is -1.16. The molecule has 1 aromatic carbocycles. The van der Waals surface area contributed by atoms with Crippen molar-refractivity contribution in [1.82, 2.24) is 20.4 Å². The minimum Gasteiger partial charge on any atom is -0.394 e. The van der Waals surface area contributed by atoms with Gasteiger partial charge in [-0.2, -0.15) is 5.10 Å². The van der Waals surface area contributed by atoms with Gasteiger partial charge in [-0.3, -0.25) is 9.89 Å². The number of urea groups is 1. The van der Waals surface area contributed by atoms with Crippen molar-refractivity contribution in [3.8, 4) is 0 Å². The second-order valence-corrected chi connectivity index (χ2v) is 14.7. The second-order valence-electron chi connectivity index (χ2n) is 9.97. The van der Waals surface area contributed by atoms with Crippen molar-refractivity contribution in [3.63, 3.8) is 0 Å². The van der Waals surface area contributed by atoms with Crippen LogP contribution in [0.3, 0.4) is 0 Å². The number of nitrogens with one attached hydrogen (secondary N) is 3. The molecular weight excluding hydrogens is 426 g/mol. The summed E-state index contributed by atoms with van der Waals surface area (Å²) < 4.78 is -0.534. The Kier molecular flexibility index (Phi) is 6.36. The molecule has 32 heavy (non-hydrogen) atoms. The van der Waals surface area contributed by atoms with E-state index in [-0.39, 0.29) is 18.5 Å². The van der Waals surface area contributed by atoms with Crippen LogP contribution in [0.1, 0.15) is 50.6 Å². The highest BCUT2D eigenvalue weighted by Gasteiger charge is 2.45. The summed E-state index contributed by atoms with van der Waals surface area (Å²) in [5.41, 5.74) is 1.78. The Balaban J connectivity index is 1.80. The van der Waals surface area contributed by atoms with Gasteiger partial charge in [0.15, 0.2) is 5.82 Å². The van der Waals surface area contributed by atoms with Gasteiger partial charge in [0.1, 0.15) is 0 Å². The summed E-state index contributed by atoms with van der Waals surface area (Å²) in [4.78, 5) is 27.9. The zero-order valence-electron chi connectivity index (χ0n) is 19.9. The average Bonchev–Trinajstić information content (AvgIpc) is 3.24. The highest BCUT2D eigenvalue weighted by Crippen LogP contribution is 2.50. The molecule has 1 aromatic heterocycles. The van der Waals surface area contributed by atoms with Crippen molar-refractivity contribution < 1.29 is 14.7 Å². The molecule has 0 radical (unpaired) electrons. The SMILES string of the molecule is CC1(C)c2[nH]nc(NC(=O)C(C)(C)S(C)(C)C)c2CN1C(=O)N[C@H](CO)c1ccccc1. The van der Waals surface area contributed by atoms with Gasteiger partial charge in [0.05, 0.1) is 35.2 Å². The van der Waals surface area contributed by atoms with Gasteiger partial charge in [0.2, 0.25) is 5.91 Å². The molecule has 1 aliphatic heterocycles. The first-order valence-corrected chi connectivity index (χ1v) is 13.5. The number of H-pyrrole nitrogens is 1. The molecule has 0 unspecified atom stereocenters. The number of aliphatic hydroxyl groups is 1. The summed E-state index contributed by atoms with van der Waals surface area (Å²) in [6, 6.07) is 8.57. The summed E-state index contributed by atoms with van der Waals surface area (Å²) in [6.45, 7) is 7.86. The molecule has 1 atom stereocenters. The number of anilines is 1. The second kappa shape index (κ2) is 8.44. The van der Waals surface area contributed by atoms with E-state index < -0.39 is 26.4 Å². The topological polar surface area (TPSA) is 110 Å². The first-order chi connectivity index (χ1) is 14.8. The van der Waals surface area contributed by atoms with Crippen molar-refractivity contribution in [2.45, 2.75) is 50.6 Å². The molecule has 3 rings (SSSR count). The van der Waals surface area contributed by atoms with E-state index in [4.69, 9.17) is 0 Å². The Morgan fingerprint density at radius 1 is 1.25 bits per heavy atom. The quantitative estimate of drug-likeness (QED) is 0.529. The fraction of sp³-hybridized carbons (Fsp3) is 0.522. The minimum absolute atomic E-state index is 0.0839. The molecule has 0 bridgehead atoms. The van der Waals surface area contributed by atoms with Crippen molar-refractivity contribution in [1.29, 1.82) is 0 Å². The molecule has 9 heteroatoms. The van der Waals surface area contributed by atoms with Crippen molar-refractivity contribution in [2.24, 2.45) is 0 Å². The summed E-state index contributed by atoms with van der Waals surface area (Å²) in [6.07, 6.45) is 6.34. The highest BCUT2D eigenvalue weighted by atomic mass is 32.3. The lowest BCUT2D eigenvalue weighted by atomic mass is 10.0. The van der Waals surface area contributed by atoms with Gasteiger partial charge < -0.3 is 20.6 Å². The zero-order chi connectivity index (χ0) is 23.9. The van der Waals surface area contributed by atoms with Crippen LogP contribution in [0.4, 0.5) is 10.6 Å². The maximum absolute atomic E-state index is 13.2. The molecule has 0 saturated heterocycles. The Labute approximate surface area is 191 Å². The van der Waals surface area contributed by atoms with Crippen molar-refractivity contribution >= 4 is 27.8 Å². The lowest BCUT2D eigenvalue weighted by Gasteiger charge is -2.41. The monoisotopic (exact) mass is 461 g/mol. The van der Waals surface area contributed by atoms with E-state index in [1.807, 2.05) is 58.0 Å². The number of aliphatic hydroxyl groups excluding tert-OH is 1. The van der Waals surface area contributed by atoms with Gasteiger partial charge in [-0.25, -0.2) is 14.8 Å². The number of benzene rings is 1. The van der Waals surface area contributed by atoms with Gasteiger partial charge >= 0.3 is 6.03 Å². The molecule has 0 saturated carbocycles. The summed E-state index contributed by atoms with van der Waals surface area (Å²) >= 11 is 0. The Hall–Kier alpha value is -2.52. The first kappa shape index (κ1) is 24.1. The number of hydrogen-bond acceptors (Lipinski definition) is 4. The fourth-order valence-electron chi connectivity index (χ4n) is 3.63. The molecule has 8 nitrogen and oxygen atoms in total. The molecule has 4 N–H and O–H groups in total. The van der Waals surface area contributed by atoms with E-state index >= 15 is 0 Å². The first-order valence-electron chi connectivity index (χ1n) is 10.6. The van der Waals surface area contributed by atoms with Crippen LogP contribution in [0.5, 0.6) is 0 Å². The van der Waals surface area contributed by atoms with E-state index in [0.717, 1.165) is 16.8 Å². The predicted octanol–water partition coefficient (Wildman–Crippen LogP) is 3.31. The van der Waals surface area contributed by atoms with Crippen LogP contribution in [0.2, 0.25) is 0 Å². The number of amides is 3. The van der Waals surface area contributed by atoms with Gasteiger partial charge in [-0.1, -0.05) is 30.3 Å². The number of fused-ring (bicyclic) bond motifs is 1. The fourth-order valence-corrected chi connectivity index (χ4v) is 4.24. The number of carbonyl (C=O) groups is 2. The summed E-state index contributed by atoms with van der Waals surface area (Å²) in [5.74, 6) is 0.381. The highest BCUT2D eigenvalue weighted by molar-refractivity contribution is 8.33. The van der Waals surface area contributed by atoms with Crippen LogP contribution in [-0.4, -0.2) is 62.3 Å². The van der Waals surface area contributed by atoms with Gasteiger partial charge in [0.25, 0.3) is 0 Å². The van der Waals surface area contributed by atoms with Crippen LogP contribution in [0.15, 0.2) is 30.3 Å². The average molecular weight is 462 g/mol. The van der Waals surface area contributed by atoms with E-state index in [0.29, 0.717) is 12.4 Å². The van der Waals surface area contributed by atoms with Crippen molar-refractivity contribution in [2.75, 3.05) is 30.7 Å². The van der Waals surface area contributed by atoms with Gasteiger partial charge in [0, 0.05) is 5.56 Å². The van der Waals surface area contributed by atoms with Crippen LogP contribution < -0.4 is 10.6 Å².